The molecule has 4 aromatic rings. The number of thiazole rings is 2. The molecule has 2 heterocycles. The van der Waals surface area contributed by atoms with Crippen LogP contribution in [-0.2, 0) is 0 Å². The van der Waals surface area contributed by atoms with E-state index in [1.54, 1.807) is 36.4 Å². The lowest BCUT2D eigenvalue weighted by Gasteiger charge is -1.93. The third kappa shape index (κ3) is 2.26. The minimum atomic E-state index is 0.230. The van der Waals surface area contributed by atoms with Crippen molar-refractivity contribution in [3.63, 3.8) is 0 Å². The average molecular weight is 315 g/mol. The Morgan fingerprint density at radius 1 is 0.762 bits per heavy atom. The van der Waals surface area contributed by atoms with Crippen LogP contribution in [0.1, 0.15) is 0 Å². The lowest BCUT2D eigenvalue weighted by atomic mass is 10.3. The van der Waals surface area contributed by atoms with Gasteiger partial charge in [-0.25, -0.2) is 9.97 Å². The summed E-state index contributed by atoms with van der Waals surface area (Å²) in [7, 11) is 0. The number of fused-ring (bicyclic) bond motifs is 2. The van der Waals surface area contributed by atoms with Crippen LogP contribution in [0.2, 0.25) is 0 Å². The predicted octanol–water partition coefficient (Wildman–Crippen LogP) is 4.06. The molecule has 0 amide bonds. The molecule has 0 fully saturated rings. The van der Waals surface area contributed by atoms with Crippen LogP contribution < -0.4 is 5.32 Å². The van der Waals surface area contributed by atoms with Crippen LogP contribution in [0.3, 0.4) is 0 Å². The number of aromatic nitrogens is 2. The highest BCUT2D eigenvalue weighted by Gasteiger charge is 2.08. The predicted molar refractivity (Wildman–Crippen MR) is 85.9 cm³/mol. The highest BCUT2D eigenvalue weighted by molar-refractivity contribution is 7.24. The van der Waals surface area contributed by atoms with Crippen LogP contribution in [-0.4, -0.2) is 20.2 Å². The molecular weight excluding hydrogens is 306 g/mol. The first-order valence-electron chi connectivity index (χ1n) is 6.13. The molecular formula is C14H9N3O2S2. The summed E-state index contributed by atoms with van der Waals surface area (Å²) in [6.45, 7) is 0. The standard InChI is InChI=1S/C14H9N3O2S2/c18-7-1-3-9-11(5-7)20-13(15-9)17-14-16-10-4-2-8(19)6-12(10)21-14/h1-6,18-19H,(H,15,16,17). The second-order valence-corrected chi connectivity index (χ2v) is 6.53. The van der Waals surface area contributed by atoms with Gasteiger partial charge in [0.05, 0.1) is 20.4 Å². The Balaban J connectivity index is 1.71. The summed E-state index contributed by atoms with van der Waals surface area (Å²) in [5.41, 5.74) is 1.66. The van der Waals surface area contributed by atoms with Gasteiger partial charge < -0.3 is 15.5 Å². The van der Waals surface area contributed by atoms with Gasteiger partial charge in [-0.1, -0.05) is 22.7 Å². The van der Waals surface area contributed by atoms with Gasteiger partial charge in [-0.2, -0.15) is 0 Å². The molecule has 2 aromatic carbocycles. The maximum absolute atomic E-state index is 9.48. The van der Waals surface area contributed by atoms with Crippen molar-refractivity contribution in [2.75, 3.05) is 5.32 Å². The summed E-state index contributed by atoms with van der Waals surface area (Å²) in [4.78, 5) is 8.90. The van der Waals surface area contributed by atoms with Crippen molar-refractivity contribution in [1.82, 2.24) is 9.97 Å². The molecule has 0 unspecified atom stereocenters. The molecule has 21 heavy (non-hydrogen) atoms. The fourth-order valence-corrected chi connectivity index (χ4v) is 3.89. The summed E-state index contributed by atoms with van der Waals surface area (Å²) in [6.07, 6.45) is 0. The van der Waals surface area contributed by atoms with Gasteiger partial charge in [-0.15, -0.1) is 0 Å². The van der Waals surface area contributed by atoms with Crippen LogP contribution in [0.15, 0.2) is 36.4 Å². The van der Waals surface area contributed by atoms with Crippen LogP contribution in [0, 0.1) is 0 Å². The lowest BCUT2D eigenvalue weighted by Crippen LogP contribution is -1.86. The van der Waals surface area contributed by atoms with Gasteiger partial charge in [0.2, 0.25) is 0 Å². The SMILES string of the molecule is Oc1ccc2nc(Nc3nc4ccc(O)cc4s3)sc2c1. The van der Waals surface area contributed by atoms with E-state index >= 15 is 0 Å². The van der Waals surface area contributed by atoms with Crippen molar-refractivity contribution in [2.45, 2.75) is 0 Å². The number of phenols is 2. The van der Waals surface area contributed by atoms with E-state index in [0.717, 1.165) is 30.7 Å². The van der Waals surface area contributed by atoms with E-state index in [1.807, 2.05) is 0 Å². The summed E-state index contributed by atoms with van der Waals surface area (Å²) in [5.74, 6) is 0.460. The maximum Gasteiger partial charge on any atom is 0.190 e. The molecule has 0 radical (unpaired) electrons. The summed E-state index contributed by atoms with van der Waals surface area (Å²) in [5, 5.41) is 23.6. The number of nitrogens with zero attached hydrogens (tertiary/aromatic N) is 2. The fourth-order valence-electron chi connectivity index (χ4n) is 2.03. The second kappa shape index (κ2) is 4.57. The molecule has 4 rings (SSSR count). The third-order valence-electron chi connectivity index (χ3n) is 2.96. The normalized spacial score (nSPS) is 11.2. The molecule has 7 heteroatoms. The summed E-state index contributed by atoms with van der Waals surface area (Å²) >= 11 is 2.91. The largest absolute Gasteiger partial charge is 0.508 e. The van der Waals surface area contributed by atoms with Crippen molar-refractivity contribution in [3.05, 3.63) is 36.4 Å². The molecule has 5 nitrogen and oxygen atoms in total. The van der Waals surface area contributed by atoms with Gasteiger partial charge in [0.25, 0.3) is 0 Å². The zero-order chi connectivity index (χ0) is 14.4. The zero-order valence-electron chi connectivity index (χ0n) is 10.6. The number of aromatic hydroxyl groups is 2. The van der Waals surface area contributed by atoms with E-state index in [-0.39, 0.29) is 11.5 Å². The molecule has 104 valence electrons. The molecule has 0 atom stereocenters. The van der Waals surface area contributed by atoms with Gasteiger partial charge >= 0.3 is 0 Å². The van der Waals surface area contributed by atoms with Gasteiger partial charge in [-0.3, -0.25) is 0 Å². The second-order valence-electron chi connectivity index (χ2n) is 4.47. The fraction of sp³-hybridized carbons (Fsp3) is 0. The Morgan fingerprint density at radius 2 is 1.24 bits per heavy atom. The van der Waals surface area contributed by atoms with Crippen LogP contribution >= 0.6 is 22.7 Å². The molecule has 0 saturated heterocycles. The van der Waals surface area contributed by atoms with E-state index in [9.17, 15) is 10.2 Å². The highest BCUT2D eigenvalue weighted by atomic mass is 32.1. The van der Waals surface area contributed by atoms with Crippen LogP contribution in [0.4, 0.5) is 10.3 Å². The zero-order valence-corrected chi connectivity index (χ0v) is 12.2. The van der Waals surface area contributed by atoms with E-state index in [1.165, 1.54) is 22.7 Å². The third-order valence-corrected chi connectivity index (χ3v) is 4.83. The molecule has 2 aromatic heterocycles. The molecule has 0 aliphatic heterocycles. The first-order valence-corrected chi connectivity index (χ1v) is 7.77. The first kappa shape index (κ1) is 12.4. The lowest BCUT2D eigenvalue weighted by molar-refractivity contribution is 0.475. The average Bonchev–Trinajstić information content (AvgIpc) is 3.00. The van der Waals surface area contributed by atoms with Crippen molar-refractivity contribution >= 4 is 53.4 Å². The summed E-state index contributed by atoms with van der Waals surface area (Å²) in [6, 6.07) is 10.2. The minimum absolute atomic E-state index is 0.230. The highest BCUT2D eigenvalue weighted by Crippen LogP contribution is 2.34. The molecule has 0 aliphatic carbocycles. The summed E-state index contributed by atoms with van der Waals surface area (Å²) < 4.78 is 1.83. The number of anilines is 2. The number of hydrogen-bond acceptors (Lipinski definition) is 7. The number of rotatable bonds is 2. The van der Waals surface area contributed by atoms with Gasteiger partial charge in [-0.05, 0) is 36.4 Å². The topological polar surface area (TPSA) is 78.3 Å². The Kier molecular flexibility index (Phi) is 2.69. The van der Waals surface area contributed by atoms with E-state index in [2.05, 4.69) is 15.3 Å². The van der Waals surface area contributed by atoms with E-state index < -0.39 is 0 Å². The van der Waals surface area contributed by atoms with Crippen LogP contribution in [0.25, 0.3) is 20.4 Å². The van der Waals surface area contributed by atoms with E-state index in [4.69, 9.17) is 0 Å². The van der Waals surface area contributed by atoms with Crippen molar-refractivity contribution in [3.8, 4) is 11.5 Å². The number of hydrogen-bond donors (Lipinski definition) is 3. The number of phenolic OH excluding ortho intramolecular Hbond substituents is 2. The number of benzene rings is 2. The number of nitrogens with one attached hydrogen (secondary N) is 1. The van der Waals surface area contributed by atoms with Gasteiger partial charge in [0.1, 0.15) is 11.5 Å². The quantitative estimate of drug-likeness (QED) is 0.520. The minimum Gasteiger partial charge on any atom is -0.508 e. The Hall–Kier alpha value is -2.38. The molecule has 3 N–H and O–H groups in total. The molecule has 0 aliphatic rings. The monoisotopic (exact) mass is 315 g/mol. The van der Waals surface area contributed by atoms with E-state index in [0.29, 0.717) is 0 Å². The van der Waals surface area contributed by atoms with Gasteiger partial charge in [0, 0.05) is 0 Å². The molecule has 0 saturated carbocycles. The Labute approximate surface area is 127 Å². The Bertz CT molecular complexity index is 883. The van der Waals surface area contributed by atoms with Crippen molar-refractivity contribution < 1.29 is 10.2 Å². The Morgan fingerprint density at radius 3 is 1.71 bits per heavy atom. The van der Waals surface area contributed by atoms with Crippen molar-refractivity contribution in [2.24, 2.45) is 0 Å². The van der Waals surface area contributed by atoms with Gasteiger partial charge in [0.15, 0.2) is 10.3 Å². The van der Waals surface area contributed by atoms with Crippen LogP contribution in [0.5, 0.6) is 11.5 Å². The van der Waals surface area contributed by atoms with Crippen molar-refractivity contribution in [1.29, 1.82) is 0 Å². The first-order chi connectivity index (χ1) is 10.2. The smallest absolute Gasteiger partial charge is 0.190 e. The maximum atomic E-state index is 9.48. The molecule has 0 spiro atoms. The molecule has 0 bridgehead atoms.